The van der Waals surface area contributed by atoms with Crippen molar-refractivity contribution in [2.45, 2.75) is 0 Å². The zero-order valence-corrected chi connectivity index (χ0v) is 7.57. The van der Waals surface area contributed by atoms with Gasteiger partial charge in [-0.05, 0) is 18.2 Å². The number of phenols is 1. The highest BCUT2D eigenvalue weighted by Crippen LogP contribution is 2.31. The number of aldehydes is 1. The van der Waals surface area contributed by atoms with Gasteiger partial charge in [-0.2, -0.15) is 0 Å². The molecule has 0 unspecified atom stereocenters. The summed E-state index contributed by atoms with van der Waals surface area (Å²) in [6.07, 6.45) is 0.693. The third-order valence-corrected chi connectivity index (χ3v) is 2.10. The van der Waals surface area contributed by atoms with Gasteiger partial charge in [0.2, 0.25) is 0 Å². The first-order chi connectivity index (χ1) is 6.76. The smallest absolute Gasteiger partial charge is 0.166 e. The third kappa shape index (κ3) is 1.12. The highest BCUT2D eigenvalue weighted by Gasteiger charge is 2.08. The largest absolute Gasteiger partial charge is 0.507 e. The van der Waals surface area contributed by atoms with Crippen molar-refractivity contribution < 1.29 is 14.6 Å². The standard InChI is InChI=1S/C10H9NO3/c1-14-9-3-2-8(13)7-4-6(5-12)11-10(7)9/h2-5,11,13H,1H3. The normalized spacial score (nSPS) is 10.4. The number of aromatic nitrogens is 1. The quantitative estimate of drug-likeness (QED) is 0.710. The van der Waals surface area contributed by atoms with Crippen LogP contribution in [0, 0.1) is 0 Å². The van der Waals surface area contributed by atoms with Crippen LogP contribution in [0.25, 0.3) is 10.9 Å². The number of fused-ring (bicyclic) bond motifs is 1. The van der Waals surface area contributed by atoms with Crippen molar-refractivity contribution in [2.24, 2.45) is 0 Å². The number of methoxy groups -OCH3 is 1. The van der Waals surface area contributed by atoms with Crippen molar-refractivity contribution >= 4 is 17.2 Å². The van der Waals surface area contributed by atoms with Gasteiger partial charge in [0.25, 0.3) is 0 Å². The minimum Gasteiger partial charge on any atom is -0.507 e. The van der Waals surface area contributed by atoms with Crippen LogP contribution in [-0.2, 0) is 0 Å². The van der Waals surface area contributed by atoms with Crippen LogP contribution in [0.5, 0.6) is 11.5 Å². The van der Waals surface area contributed by atoms with Gasteiger partial charge in [-0.15, -0.1) is 0 Å². The molecule has 0 saturated heterocycles. The number of aromatic amines is 1. The van der Waals surface area contributed by atoms with Gasteiger partial charge in [0.1, 0.15) is 11.5 Å². The molecule has 0 aliphatic carbocycles. The molecule has 0 aliphatic heterocycles. The topological polar surface area (TPSA) is 62.3 Å². The van der Waals surface area contributed by atoms with Gasteiger partial charge in [0, 0.05) is 5.39 Å². The average molecular weight is 191 g/mol. The second-order valence-corrected chi connectivity index (χ2v) is 2.92. The van der Waals surface area contributed by atoms with Gasteiger partial charge in [0.05, 0.1) is 18.3 Å². The number of rotatable bonds is 2. The Hall–Kier alpha value is -1.97. The van der Waals surface area contributed by atoms with E-state index >= 15 is 0 Å². The summed E-state index contributed by atoms with van der Waals surface area (Å²) >= 11 is 0. The van der Waals surface area contributed by atoms with Gasteiger partial charge in [-0.3, -0.25) is 4.79 Å². The molecule has 14 heavy (non-hydrogen) atoms. The van der Waals surface area contributed by atoms with E-state index in [1.807, 2.05) is 0 Å². The Balaban J connectivity index is 2.81. The van der Waals surface area contributed by atoms with Crippen molar-refractivity contribution in [1.82, 2.24) is 4.98 Å². The molecule has 0 aliphatic rings. The lowest BCUT2D eigenvalue weighted by Gasteiger charge is -2.01. The SMILES string of the molecule is COc1ccc(O)c2cc(C=O)[nH]c12. The Bertz CT molecular complexity index is 487. The molecule has 2 N–H and O–H groups in total. The lowest BCUT2D eigenvalue weighted by Crippen LogP contribution is -1.84. The summed E-state index contributed by atoms with van der Waals surface area (Å²) in [5.41, 5.74) is 1.05. The number of phenolic OH excluding ortho intramolecular Hbond substituents is 1. The van der Waals surface area contributed by atoms with E-state index in [0.717, 1.165) is 0 Å². The number of aromatic hydroxyl groups is 1. The van der Waals surface area contributed by atoms with Crippen molar-refractivity contribution in [2.75, 3.05) is 7.11 Å². The van der Waals surface area contributed by atoms with Crippen LogP contribution >= 0.6 is 0 Å². The number of ether oxygens (including phenoxy) is 1. The molecule has 0 amide bonds. The van der Waals surface area contributed by atoms with E-state index in [1.54, 1.807) is 12.1 Å². The third-order valence-electron chi connectivity index (χ3n) is 2.10. The molecule has 1 heterocycles. The minimum atomic E-state index is 0.130. The van der Waals surface area contributed by atoms with Crippen LogP contribution in [0.3, 0.4) is 0 Å². The molecule has 4 nitrogen and oxygen atoms in total. The van der Waals surface area contributed by atoms with Crippen LogP contribution in [0.2, 0.25) is 0 Å². The summed E-state index contributed by atoms with van der Waals surface area (Å²) in [6.45, 7) is 0. The Kier molecular flexibility index (Phi) is 1.89. The second-order valence-electron chi connectivity index (χ2n) is 2.92. The molecule has 0 atom stereocenters. The van der Waals surface area contributed by atoms with Crippen molar-refractivity contribution in [3.63, 3.8) is 0 Å². The van der Waals surface area contributed by atoms with Crippen molar-refractivity contribution in [1.29, 1.82) is 0 Å². The van der Waals surface area contributed by atoms with Crippen LogP contribution < -0.4 is 4.74 Å². The van der Waals surface area contributed by atoms with Crippen LogP contribution in [-0.4, -0.2) is 23.5 Å². The first-order valence-electron chi connectivity index (χ1n) is 4.10. The summed E-state index contributed by atoms with van der Waals surface area (Å²) in [4.78, 5) is 13.4. The maximum absolute atomic E-state index is 10.5. The maximum Gasteiger partial charge on any atom is 0.166 e. The van der Waals surface area contributed by atoms with E-state index in [4.69, 9.17) is 4.74 Å². The number of nitrogens with one attached hydrogen (secondary N) is 1. The monoisotopic (exact) mass is 191 g/mol. The van der Waals surface area contributed by atoms with Crippen molar-refractivity contribution in [3.05, 3.63) is 23.9 Å². The van der Waals surface area contributed by atoms with E-state index in [0.29, 0.717) is 28.6 Å². The molecule has 0 radical (unpaired) electrons. The molecule has 2 aromatic rings. The van der Waals surface area contributed by atoms with E-state index in [-0.39, 0.29) is 5.75 Å². The lowest BCUT2D eigenvalue weighted by molar-refractivity contribution is 0.112. The number of hydrogen-bond acceptors (Lipinski definition) is 3. The zero-order chi connectivity index (χ0) is 10.1. The van der Waals surface area contributed by atoms with Crippen LogP contribution in [0.1, 0.15) is 10.5 Å². The Morgan fingerprint density at radius 2 is 2.29 bits per heavy atom. The fraction of sp³-hybridized carbons (Fsp3) is 0.100. The average Bonchev–Trinajstić information content (AvgIpc) is 2.63. The van der Waals surface area contributed by atoms with Gasteiger partial charge < -0.3 is 14.8 Å². The fourth-order valence-corrected chi connectivity index (χ4v) is 1.43. The molecule has 72 valence electrons. The predicted octanol–water partition coefficient (Wildman–Crippen LogP) is 1.69. The zero-order valence-electron chi connectivity index (χ0n) is 7.57. The first-order valence-corrected chi connectivity index (χ1v) is 4.10. The molecule has 2 rings (SSSR count). The van der Waals surface area contributed by atoms with E-state index in [1.165, 1.54) is 13.2 Å². The highest BCUT2D eigenvalue weighted by molar-refractivity contribution is 5.95. The Morgan fingerprint density at radius 1 is 1.50 bits per heavy atom. The summed E-state index contributed by atoms with van der Waals surface area (Å²) in [5.74, 6) is 0.732. The summed E-state index contributed by atoms with van der Waals surface area (Å²) in [7, 11) is 1.53. The number of H-pyrrole nitrogens is 1. The molecule has 0 fully saturated rings. The summed E-state index contributed by atoms with van der Waals surface area (Å²) < 4.78 is 5.08. The predicted molar refractivity (Wildman–Crippen MR) is 51.9 cm³/mol. The summed E-state index contributed by atoms with van der Waals surface area (Å²) in [5, 5.41) is 10.1. The van der Waals surface area contributed by atoms with Crippen LogP contribution in [0.15, 0.2) is 18.2 Å². The molecular weight excluding hydrogens is 182 g/mol. The van der Waals surface area contributed by atoms with Gasteiger partial charge in [-0.1, -0.05) is 0 Å². The van der Waals surface area contributed by atoms with E-state index in [2.05, 4.69) is 4.98 Å². The van der Waals surface area contributed by atoms with Gasteiger partial charge in [0.15, 0.2) is 6.29 Å². The molecule has 4 heteroatoms. The number of carbonyl (C=O) groups is 1. The fourth-order valence-electron chi connectivity index (χ4n) is 1.43. The first kappa shape index (κ1) is 8.62. The Labute approximate surface area is 80.1 Å². The van der Waals surface area contributed by atoms with Crippen LogP contribution in [0.4, 0.5) is 0 Å². The number of carbonyl (C=O) groups excluding carboxylic acids is 1. The second kappa shape index (κ2) is 3.06. The molecule has 1 aromatic carbocycles. The van der Waals surface area contributed by atoms with Gasteiger partial charge >= 0.3 is 0 Å². The van der Waals surface area contributed by atoms with Gasteiger partial charge in [-0.25, -0.2) is 0 Å². The maximum atomic E-state index is 10.5. The lowest BCUT2D eigenvalue weighted by atomic mass is 10.2. The summed E-state index contributed by atoms with van der Waals surface area (Å²) in [6, 6.07) is 4.76. The number of hydrogen-bond donors (Lipinski definition) is 2. The van der Waals surface area contributed by atoms with E-state index < -0.39 is 0 Å². The molecule has 1 aromatic heterocycles. The minimum absolute atomic E-state index is 0.130. The van der Waals surface area contributed by atoms with E-state index in [9.17, 15) is 9.90 Å². The molecule has 0 bridgehead atoms. The molecule has 0 saturated carbocycles. The van der Waals surface area contributed by atoms with Crippen molar-refractivity contribution in [3.8, 4) is 11.5 Å². The molecular formula is C10H9NO3. The number of benzene rings is 1. The highest BCUT2D eigenvalue weighted by atomic mass is 16.5. The molecule has 0 spiro atoms. The Morgan fingerprint density at radius 3 is 2.93 bits per heavy atom.